The summed E-state index contributed by atoms with van der Waals surface area (Å²) in [5.74, 6) is 0.0702. The van der Waals surface area contributed by atoms with E-state index in [-0.39, 0.29) is 11.8 Å². The third-order valence-corrected chi connectivity index (χ3v) is 5.09. The van der Waals surface area contributed by atoms with Crippen LogP contribution in [0, 0.1) is 4.77 Å². The topological polar surface area (TPSA) is 54.9 Å². The van der Waals surface area contributed by atoms with E-state index in [4.69, 9.17) is 12.2 Å². The van der Waals surface area contributed by atoms with Gasteiger partial charge in [-0.15, -0.1) is 0 Å². The number of benzene rings is 1. The van der Waals surface area contributed by atoms with E-state index in [0.717, 1.165) is 15.5 Å². The van der Waals surface area contributed by atoms with Crippen LogP contribution in [0.25, 0.3) is 11.0 Å². The number of rotatable bonds is 1. The van der Waals surface area contributed by atoms with Crippen molar-refractivity contribution < 1.29 is 8.42 Å². The van der Waals surface area contributed by atoms with E-state index in [1.54, 1.807) is 6.08 Å². The minimum absolute atomic E-state index is 0.0702. The van der Waals surface area contributed by atoms with Gasteiger partial charge in [0.2, 0.25) is 0 Å². The largest absolute Gasteiger partial charge is 0.331 e. The average Bonchev–Trinajstić information content (AvgIpc) is 2.77. The lowest BCUT2D eigenvalue weighted by atomic mass is 10.3. The van der Waals surface area contributed by atoms with Gasteiger partial charge in [0.1, 0.15) is 0 Å². The number of hydrogen-bond acceptors (Lipinski definition) is 3. The SMILES string of the molecule is O=S1(=O)C=CC(n2c(=S)[nH]c3ccc(Br)cc32)C1. The van der Waals surface area contributed by atoms with Gasteiger partial charge in [-0.2, -0.15) is 0 Å². The Hall–Kier alpha value is -0.920. The monoisotopic (exact) mass is 344 g/mol. The molecule has 0 bridgehead atoms. The zero-order chi connectivity index (χ0) is 12.9. The third-order valence-electron chi connectivity index (χ3n) is 2.92. The maximum absolute atomic E-state index is 11.5. The fraction of sp³-hybridized carbons (Fsp3) is 0.182. The van der Waals surface area contributed by atoms with Crippen molar-refractivity contribution in [3.05, 3.63) is 38.9 Å². The van der Waals surface area contributed by atoms with E-state index in [1.807, 2.05) is 22.8 Å². The van der Waals surface area contributed by atoms with Gasteiger partial charge in [0.05, 0.1) is 22.8 Å². The van der Waals surface area contributed by atoms with Crippen LogP contribution in [0.2, 0.25) is 0 Å². The second-order valence-corrected chi connectivity index (χ2v) is 7.42. The Morgan fingerprint density at radius 1 is 1.44 bits per heavy atom. The lowest BCUT2D eigenvalue weighted by molar-refractivity contribution is 0.594. The van der Waals surface area contributed by atoms with Crippen LogP contribution in [0.5, 0.6) is 0 Å². The van der Waals surface area contributed by atoms with Gasteiger partial charge in [0.25, 0.3) is 0 Å². The highest BCUT2D eigenvalue weighted by molar-refractivity contribution is 9.10. The Balaban J connectivity index is 2.24. The molecule has 7 heteroatoms. The zero-order valence-corrected chi connectivity index (χ0v) is 12.3. The van der Waals surface area contributed by atoms with Crippen LogP contribution >= 0.6 is 28.1 Å². The summed E-state index contributed by atoms with van der Waals surface area (Å²) in [6, 6.07) is 5.53. The second kappa shape index (κ2) is 4.04. The molecule has 1 atom stereocenters. The first kappa shape index (κ1) is 12.1. The number of sulfone groups is 1. The molecule has 0 saturated heterocycles. The zero-order valence-electron chi connectivity index (χ0n) is 9.13. The number of nitrogens with zero attached hydrogens (tertiary/aromatic N) is 1. The molecule has 0 aliphatic carbocycles. The molecule has 18 heavy (non-hydrogen) atoms. The lowest BCUT2D eigenvalue weighted by Crippen LogP contribution is -2.11. The summed E-state index contributed by atoms with van der Waals surface area (Å²) < 4.78 is 26.3. The highest BCUT2D eigenvalue weighted by atomic mass is 79.9. The Kier molecular flexibility index (Phi) is 2.72. The summed E-state index contributed by atoms with van der Waals surface area (Å²) >= 11 is 8.68. The minimum Gasteiger partial charge on any atom is -0.331 e. The first-order valence-electron chi connectivity index (χ1n) is 5.27. The molecule has 4 nitrogen and oxygen atoms in total. The molecular formula is C11H9BrN2O2S2. The predicted molar refractivity (Wildman–Crippen MR) is 76.8 cm³/mol. The molecule has 1 aliphatic rings. The third kappa shape index (κ3) is 1.96. The number of hydrogen-bond donors (Lipinski definition) is 1. The smallest absolute Gasteiger partial charge is 0.178 e. The normalized spacial score (nSPS) is 21.7. The van der Waals surface area contributed by atoms with Crippen LogP contribution in [0.15, 0.2) is 34.2 Å². The van der Waals surface area contributed by atoms with E-state index in [2.05, 4.69) is 20.9 Å². The van der Waals surface area contributed by atoms with Crippen molar-refractivity contribution in [3.8, 4) is 0 Å². The van der Waals surface area contributed by atoms with Crippen molar-refractivity contribution >= 4 is 49.0 Å². The molecular weight excluding hydrogens is 336 g/mol. The van der Waals surface area contributed by atoms with Gasteiger partial charge >= 0.3 is 0 Å². The second-order valence-electron chi connectivity index (χ2n) is 4.19. The number of fused-ring (bicyclic) bond motifs is 1. The number of aromatic nitrogens is 2. The summed E-state index contributed by atoms with van der Waals surface area (Å²) in [5.41, 5.74) is 1.81. The molecule has 0 radical (unpaired) electrons. The van der Waals surface area contributed by atoms with Crippen molar-refractivity contribution in [2.45, 2.75) is 6.04 Å². The van der Waals surface area contributed by atoms with Gasteiger partial charge in [-0.25, -0.2) is 8.42 Å². The minimum atomic E-state index is -3.09. The first-order valence-corrected chi connectivity index (χ1v) is 8.19. The van der Waals surface area contributed by atoms with Gasteiger partial charge in [0, 0.05) is 9.88 Å². The fourth-order valence-corrected chi connectivity index (χ4v) is 4.10. The van der Waals surface area contributed by atoms with Crippen LogP contribution in [0.1, 0.15) is 6.04 Å². The average molecular weight is 345 g/mol. The maximum atomic E-state index is 11.5. The molecule has 2 heterocycles. The Morgan fingerprint density at radius 3 is 2.89 bits per heavy atom. The molecule has 1 aliphatic heterocycles. The van der Waals surface area contributed by atoms with Gasteiger partial charge < -0.3 is 9.55 Å². The van der Waals surface area contributed by atoms with Gasteiger partial charge in [-0.3, -0.25) is 0 Å². The molecule has 3 rings (SSSR count). The van der Waals surface area contributed by atoms with Crippen LogP contribution < -0.4 is 0 Å². The quantitative estimate of drug-likeness (QED) is 0.809. The molecule has 1 aromatic heterocycles. The summed E-state index contributed by atoms with van der Waals surface area (Å²) in [6.45, 7) is 0. The van der Waals surface area contributed by atoms with E-state index in [0.29, 0.717) is 4.77 Å². The molecule has 0 spiro atoms. The van der Waals surface area contributed by atoms with Crippen molar-refractivity contribution in [1.29, 1.82) is 0 Å². The predicted octanol–water partition coefficient (Wildman–Crippen LogP) is 2.94. The van der Waals surface area contributed by atoms with Crippen LogP contribution in [-0.4, -0.2) is 23.7 Å². The van der Waals surface area contributed by atoms with E-state index < -0.39 is 9.84 Å². The summed E-state index contributed by atoms with van der Waals surface area (Å²) in [6.07, 6.45) is 1.68. The number of halogens is 1. The summed E-state index contributed by atoms with van der Waals surface area (Å²) in [7, 11) is -3.09. The molecule has 1 unspecified atom stereocenters. The van der Waals surface area contributed by atoms with Crippen LogP contribution in [0.4, 0.5) is 0 Å². The Labute approximate surface area is 117 Å². The number of aromatic amines is 1. The number of nitrogens with one attached hydrogen (secondary N) is 1. The van der Waals surface area contributed by atoms with E-state index in [1.165, 1.54) is 5.41 Å². The highest BCUT2D eigenvalue weighted by Crippen LogP contribution is 2.27. The lowest BCUT2D eigenvalue weighted by Gasteiger charge is -2.10. The molecule has 0 fully saturated rings. The number of imidazole rings is 1. The van der Waals surface area contributed by atoms with E-state index >= 15 is 0 Å². The van der Waals surface area contributed by atoms with Gasteiger partial charge in [0.15, 0.2) is 14.6 Å². The highest BCUT2D eigenvalue weighted by Gasteiger charge is 2.24. The molecule has 94 valence electrons. The van der Waals surface area contributed by atoms with Gasteiger partial charge in [-0.1, -0.05) is 15.9 Å². The van der Waals surface area contributed by atoms with Gasteiger partial charge in [-0.05, 0) is 36.5 Å². The molecule has 0 amide bonds. The standard InChI is InChI=1S/C11H9BrN2O2S2/c12-7-1-2-9-10(5-7)14(11(17)13-9)8-3-4-18(15,16)6-8/h1-5,8H,6H2,(H,13,17). The molecule has 0 saturated carbocycles. The Bertz CT molecular complexity index is 817. The van der Waals surface area contributed by atoms with Crippen LogP contribution in [-0.2, 0) is 9.84 Å². The number of H-pyrrole nitrogens is 1. The van der Waals surface area contributed by atoms with Crippen molar-refractivity contribution in [2.24, 2.45) is 0 Å². The van der Waals surface area contributed by atoms with Crippen molar-refractivity contribution in [3.63, 3.8) is 0 Å². The molecule has 2 aromatic rings. The van der Waals surface area contributed by atoms with Crippen LogP contribution in [0.3, 0.4) is 0 Å². The first-order chi connectivity index (χ1) is 8.46. The molecule has 1 N–H and O–H groups in total. The van der Waals surface area contributed by atoms with E-state index in [9.17, 15) is 8.42 Å². The number of allylic oxidation sites excluding steroid dienone is 1. The fourth-order valence-electron chi connectivity index (χ4n) is 2.14. The van der Waals surface area contributed by atoms with Crippen molar-refractivity contribution in [2.75, 3.05) is 5.75 Å². The Morgan fingerprint density at radius 2 is 2.22 bits per heavy atom. The van der Waals surface area contributed by atoms with Crippen molar-refractivity contribution in [1.82, 2.24) is 9.55 Å². The maximum Gasteiger partial charge on any atom is 0.178 e. The summed E-state index contributed by atoms with van der Waals surface area (Å²) in [5, 5.41) is 1.26. The molecule has 1 aromatic carbocycles. The summed E-state index contributed by atoms with van der Waals surface area (Å²) in [4.78, 5) is 3.09.